The van der Waals surface area contributed by atoms with Crippen LogP contribution in [0.4, 0.5) is 4.79 Å². The summed E-state index contributed by atoms with van der Waals surface area (Å²) in [4.78, 5) is 22.1. The Kier molecular flexibility index (Phi) is 8.45. The summed E-state index contributed by atoms with van der Waals surface area (Å²) in [5, 5.41) is 14.1. The van der Waals surface area contributed by atoms with Gasteiger partial charge in [0.25, 0.3) is 0 Å². The lowest BCUT2D eigenvalue weighted by atomic mass is 9.94. The Balaban J connectivity index is 4.04. The minimum atomic E-state index is -0.836. The van der Waals surface area contributed by atoms with Gasteiger partial charge in [0.1, 0.15) is 0 Å². The van der Waals surface area contributed by atoms with Crippen molar-refractivity contribution in [1.82, 2.24) is 10.6 Å². The molecule has 0 saturated carbocycles. The maximum absolute atomic E-state index is 11.4. The zero-order valence-corrected chi connectivity index (χ0v) is 12.4. The quantitative estimate of drug-likeness (QED) is 0.642. The third-order valence-electron chi connectivity index (χ3n) is 2.26. The minimum Gasteiger partial charge on any atom is -0.481 e. The van der Waals surface area contributed by atoms with Crippen molar-refractivity contribution in [2.24, 2.45) is 11.8 Å². The van der Waals surface area contributed by atoms with Crippen LogP contribution >= 0.6 is 15.9 Å². The molecule has 18 heavy (non-hydrogen) atoms. The largest absolute Gasteiger partial charge is 0.481 e. The van der Waals surface area contributed by atoms with Gasteiger partial charge in [-0.05, 0) is 18.3 Å². The van der Waals surface area contributed by atoms with E-state index in [1.165, 1.54) is 0 Å². The summed E-state index contributed by atoms with van der Waals surface area (Å²) in [5.41, 5.74) is 0. The summed E-state index contributed by atoms with van der Waals surface area (Å²) >= 11 is 3.13. The second kappa shape index (κ2) is 8.97. The smallest absolute Gasteiger partial charge is 0.315 e. The van der Waals surface area contributed by atoms with Crippen molar-refractivity contribution in [2.45, 2.75) is 26.7 Å². The number of carbonyl (C=O) groups is 2. The number of rotatable bonds is 8. The highest BCUT2D eigenvalue weighted by Crippen LogP contribution is 2.14. The molecule has 0 aromatic carbocycles. The Morgan fingerprint density at radius 2 is 1.94 bits per heavy atom. The predicted octanol–water partition coefficient (Wildman–Crippen LogP) is 2.33. The van der Waals surface area contributed by atoms with Crippen LogP contribution in [0.1, 0.15) is 26.7 Å². The molecule has 3 N–H and O–H groups in total. The predicted molar refractivity (Wildman–Crippen MR) is 74.7 cm³/mol. The highest BCUT2D eigenvalue weighted by atomic mass is 79.9. The first kappa shape index (κ1) is 17.0. The highest BCUT2D eigenvalue weighted by Gasteiger charge is 2.15. The molecule has 0 aliphatic rings. The molecule has 0 rings (SSSR count). The molecule has 0 spiro atoms. The Morgan fingerprint density at radius 1 is 1.33 bits per heavy atom. The van der Waals surface area contributed by atoms with Gasteiger partial charge in [-0.2, -0.15) is 0 Å². The minimum absolute atomic E-state index is 0.0413. The van der Waals surface area contributed by atoms with Crippen molar-refractivity contribution in [3.8, 4) is 0 Å². The van der Waals surface area contributed by atoms with Gasteiger partial charge in [0.2, 0.25) is 0 Å². The van der Waals surface area contributed by atoms with Crippen LogP contribution < -0.4 is 10.6 Å². The van der Waals surface area contributed by atoms with E-state index in [-0.39, 0.29) is 18.4 Å². The van der Waals surface area contributed by atoms with Gasteiger partial charge in [0.15, 0.2) is 0 Å². The number of carbonyl (C=O) groups excluding carboxylic acids is 1. The Labute approximate surface area is 116 Å². The molecule has 5 nitrogen and oxygen atoms in total. The van der Waals surface area contributed by atoms with Gasteiger partial charge in [-0.25, -0.2) is 4.79 Å². The average molecular weight is 321 g/mol. The van der Waals surface area contributed by atoms with Gasteiger partial charge >= 0.3 is 12.0 Å². The monoisotopic (exact) mass is 320 g/mol. The summed E-state index contributed by atoms with van der Waals surface area (Å²) in [7, 11) is 0. The molecule has 1 atom stereocenters. The molecule has 0 radical (unpaired) electrons. The van der Waals surface area contributed by atoms with Gasteiger partial charge < -0.3 is 15.7 Å². The van der Waals surface area contributed by atoms with E-state index in [9.17, 15) is 9.59 Å². The zero-order valence-electron chi connectivity index (χ0n) is 10.8. The number of carboxylic acid groups (broad SMARTS) is 1. The lowest BCUT2D eigenvalue weighted by molar-refractivity contribution is -0.138. The Morgan fingerprint density at radius 3 is 2.39 bits per heavy atom. The van der Waals surface area contributed by atoms with Crippen LogP contribution in [0.15, 0.2) is 11.1 Å². The third kappa shape index (κ3) is 10.1. The second-order valence-electron chi connectivity index (χ2n) is 4.67. The van der Waals surface area contributed by atoms with E-state index in [0.717, 1.165) is 6.42 Å². The van der Waals surface area contributed by atoms with Crippen molar-refractivity contribution in [3.63, 3.8) is 0 Å². The molecule has 0 heterocycles. The number of hydrogen-bond acceptors (Lipinski definition) is 2. The normalized spacial score (nSPS) is 12.0. The maximum Gasteiger partial charge on any atom is 0.315 e. The van der Waals surface area contributed by atoms with E-state index in [1.54, 1.807) is 0 Å². The van der Waals surface area contributed by atoms with Crippen molar-refractivity contribution in [2.75, 3.05) is 13.1 Å². The summed E-state index contributed by atoms with van der Waals surface area (Å²) in [6.45, 7) is 8.37. The molecule has 0 saturated heterocycles. The SMILES string of the molecule is C=C(Br)CNC(=O)NC[C@H](CC(=O)O)CC(C)C. The summed E-state index contributed by atoms with van der Waals surface area (Å²) in [6, 6.07) is -0.310. The molecule has 0 aromatic heterocycles. The van der Waals surface area contributed by atoms with Crippen LogP contribution in [0.25, 0.3) is 0 Å². The molecular weight excluding hydrogens is 300 g/mol. The Hall–Kier alpha value is -1.04. The first-order chi connectivity index (χ1) is 8.31. The van der Waals surface area contributed by atoms with Crippen LogP contribution in [0.3, 0.4) is 0 Å². The fourth-order valence-corrected chi connectivity index (χ4v) is 1.77. The molecule has 0 aliphatic heterocycles. The molecule has 2 amide bonds. The van der Waals surface area contributed by atoms with Crippen molar-refractivity contribution in [3.05, 3.63) is 11.1 Å². The van der Waals surface area contributed by atoms with Crippen molar-refractivity contribution in [1.29, 1.82) is 0 Å². The second-order valence-corrected chi connectivity index (χ2v) is 5.80. The van der Waals surface area contributed by atoms with E-state index in [1.807, 2.05) is 13.8 Å². The standard InChI is InChI=1S/C12H21BrN2O3/c1-8(2)4-10(5-11(16)17)7-15-12(18)14-6-9(3)13/h8,10H,3-7H2,1-2H3,(H,16,17)(H2,14,15,18)/t10-/m0/s1. The van der Waals surface area contributed by atoms with E-state index < -0.39 is 5.97 Å². The topological polar surface area (TPSA) is 78.4 Å². The van der Waals surface area contributed by atoms with Crippen molar-refractivity contribution >= 4 is 27.9 Å². The van der Waals surface area contributed by atoms with Crippen LogP contribution in [-0.4, -0.2) is 30.2 Å². The first-order valence-corrected chi connectivity index (χ1v) is 6.67. The number of carboxylic acids is 1. The van der Waals surface area contributed by atoms with Crippen molar-refractivity contribution < 1.29 is 14.7 Å². The van der Waals surface area contributed by atoms with E-state index >= 15 is 0 Å². The van der Waals surface area contributed by atoms with E-state index in [4.69, 9.17) is 5.11 Å². The first-order valence-electron chi connectivity index (χ1n) is 5.88. The third-order valence-corrected chi connectivity index (χ3v) is 2.54. The molecular formula is C12H21BrN2O3. The fraction of sp³-hybridized carbons (Fsp3) is 0.667. The number of amides is 2. The number of nitrogens with one attached hydrogen (secondary N) is 2. The molecule has 0 aromatic rings. The van der Waals surface area contributed by atoms with Gasteiger partial charge in [0, 0.05) is 17.4 Å². The van der Waals surface area contributed by atoms with E-state index in [0.29, 0.717) is 23.5 Å². The Bertz CT molecular complexity index is 306. The van der Waals surface area contributed by atoms with Crippen LogP contribution in [-0.2, 0) is 4.79 Å². The maximum atomic E-state index is 11.4. The lowest BCUT2D eigenvalue weighted by Gasteiger charge is -2.18. The summed E-state index contributed by atoms with van der Waals surface area (Å²) in [6.07, 6.45) is 0.849. The molecule has 6 heteroatoms. The van der Waals surface area contributed by atoms with Gasteiger partial charge in [0.05, 0.1) is 6.54 Å². The number of hydrogen-bond donors (Lipinski definition) is 3. The zero-order chi connectivity index (χ0) is 14.1. The fourth-order valence-electron chi connectivity index (χ4n) is 1.63. The van der Waals surface area contributed by atoms with Gasteiger partial charge in [-0.15, -0.1) is 0 Å². The molecule has 0 unspecified atom stereocenters. The van der Waals surface area contributed by atoms with E-state index in [2.05, 4.69) is 33.1 Å². The molecule has 0 bridgehead atoms. The highest BCUT2D eigenvalue weighted by molar-refractivity contribution is 9.11. The lowest BCUT2D eigenvalue weighted by Crippen LogP contribution is -2.39. The van der Waals surface area contributed by atoms with Gasteiger partial charge in [-0.3, -0.25) is 4.79 Å². The average Bonchev–Trinajstić information content (AvgIpc) is 2.21. The number of urea groups is 1. The molecule has 0 fully saturated rings. The number of aliphatic carboxylic acids is 1. The molecule has 104 valence electrons. The number of halogens is 1. The van der Waals surface area contributed by atoms with Gasteiger partial charge in [-0.1, -0.05) is 36.4 Å². The van der Waals surface area contributed by atoms with Crippen LogP contribution in [0.5, 0.6) is 0 Å². The molecule has 0 aliphatic carbocycles. The summed E-state index contributed by atoms with van der Waals surface area (Å²) in [5.74, 6) is -0.473. The van der Waals surface area contributed by atoms with Crippen LogP contribution in [0, 0.1) is 11.8 Å². The van der Waals surface area contributed by atoms with Crippen LogP contribution in [0.2, 0.25) is 0 Å². The summed E-state index contributed by atoms with van der Waals surface area (Å²) < 4.78 is 0.682.